The van der Waals surface area contributed by atoms with Crippen LogP contribution in [-0.4, -0.2) is 15.2 Å². The molecule has 1 aromatic rings. The fraction of sp³-hybridized carbons (Fsp3) is 0. The van der Waals surface area contributed by atoms with E-state index in [0.717, 1.165) is 0 Å². The van der Waals surface area contributed by atoms with Crippen molar-refractivity contribution in [3.05, 3.63) is 18.7 Å². The molecule has 0 amide bonds. The molecule has 0 spiro atoms. The highest BCUT2D eigenvalue weighted by atomic mass is 32.1. The zero-order chi connectivity index (χ0) is 5.82. The lowest BCUT2D eigenvalue weighted by Crippen LogP contribution is -2.07. The van der Waals surface area contributed by atoms with Crippen LogP contribution in [0, 0.1) is 0 Å². The van der Waals surface area contributed by atoms with Crippen LogP contribution < -0.4 is 5.43 Å². The van der Waals surface area contributed by atoms with Crippen LogP contribution in [-0.2, 0) is 0 Å². The van der Waals surface area contributed by atoms with Gasteiger partial charge < -0.3 is 0 Å². The van der Waals surface area contributed by atoms with Gasteiger partial charge in [-0.05, 0) is 0 Å². The number of hydrogen-bond acceptors (Lipinski definition) is 2. The molecule has 0 saturated heterocycles. The third kappa shape index (κ3) is 1.04. The van der Waals surface area contributed by atoms with Gasteiger partial charge in [0.05, 0.1) is 5.49 Å². The summed E-state index contributed by atoms with van der Waals surface area (Å²) in [6.45, 7) is 0. The first-order valence-electron chi connectivity index (χ1n) is 2.11. The lowest BCUT2D eigenvalue weighted by molar-refractivity contribution is 0.986. The molecule has 1 rings (SSSR count). The van der Waals surface area contributed by atoms with Gasteiger partial charge in [-0.25, -0.2) is 4.98 Å². The van der Waals surface area contributed by atoms with Crippen molar-refractivity contribution in [1.29, 1.82) is 0 Å². The molecule has 1 heterocycles. The Morgan fingerprint density at radius 2 is 2.62 bits per heavy atom. The van der Waals surface area contributed by atoms with Gasteiger partial charge in [0.25, 0.3) is 0 Å². The van der Waals surface area contributed by atoms with E-state index in [2.05, 4.69) is 22.6 Å². The quantitative estimate of drug-likeness (QED) is 0.582. The van der Waals surface area contributed by atoms with Gasteiger partial charge in [0.1, 0.15) is 6.33 Å². The van der Waals surface area contributed by atoms with Crippen molar-refractivity contribution in [2.45, 2.75) is 0 Å². The molecule has 0 aromatic carbocycles. The molecular formula is C4H5N3S. The van der Waals surface area contributed by atoms with Gasteiger partial charge in [-0.1, -0.05) is 12.2 Å². The molecule has 0 bridgehead atoms. The van der Waals surface area contributed by atoms with Crippen molar-refractivity contribution >= 4 is 17.7 Å². The first-order chi connectivity index (χ1) is 3.93. The van der Waals surface area contributed by atoms with E-state index in [1.807, 2.05) is 0 Å². The number of rotatable bonds is 2. The zero-order valence-electron chi connectivity index (χ0n) is 4.11. The van der Waals surface area contributed by atoms with Crippen LogP contribution in [0.2, 0.25) is 0 Å². The lowest BCUT2D eigenvalue weighted by atomic mass is 11.0. The Morgan fingerprint density at radius 1 is 1.75 bits per heavy atom. The number of nitrogens with zero attached hydrogens (tertiary/aromatic N) is 2. The summed E-state index contributed by atoms with van der Waals surface area (Å²) in [5.74, 6) is 0. The molecule has 0 fully saturated rings. The smallest absolute Gasteiger partial charge is 0.114 e. The minimum Gasteiger partial charge on any atom is -0.290 e. The second-order valence-corrected chi connectivity index (χ2v) is 1.45. The Hall–Kier alpha value is -0.900. The van der Waals surface area contributed by atoms with Gasteiger partial charge in [-0.2, -0.15) is 0 Å². The highest BCUT2D eigenvalue weighted by Crippen LogP contribution is 1.75. The second kappa shape index (κ2) is 2.42. The maximum atomic E-state index is 4.52. The summed E-state index contributed by atoms with van der Waals surface area (Å²) in [6, 6.07) is 0. The summed E-state index contributed by atoms with van der Waals surface area (Å²) in [5, 5.41) is 0. The van der Waals surface area contributed by atoms with Crippen LogP contribution in [0.4, 0.5) is 0 Å². The van der Waals surface area contributed by atoms with E-state index in [4.69, 9.17) is 0 Å². The standard InChI is InChI=1S/C4H5N3S/c8-4-6-7-2-1-5-3-7/h1-4H,(H,6,8). The monoisotopic (exact) mass is 127 g/mol. The Bertz CT molecular complexity index is 158. The molecule has 0 aliphatic heterocycles. The number of thiocarbonyl (C=S) groups is 1. The summed E-state index contributed by atoms with van der Waals surface area (Å²) in [5.41, 5.74) is 4.15. The molecule has 1 aromatic heterocycles. The van der Waals surface area contributed by atoms with E-state index in [0.29, 0.717) is 0 Å². The third-order valence-electron chi connectivity index (χ3n) is 0.706. The van der Waals surface area contributed by atoms with Gasteiger partial charge >= 0.3 is 0 Å². The number of hydrogen-bond donors (Lipinski definition) is 1. The average Bonchev–Trinajstić information content (AvgIpc) is 2.19. The predicted molar refractivity (Wildman–Crippen MR) is 35.2 cm³/mol. The molecule has 42 valence electrons. The minimum absolute atomic E-state index is 1.42. The summed E-state index contributed by atoms with van der Waals surface area (Å²) >= 11 is 4.52. The number of imidazole rings is 1. The lowest BCUT2D eigenvalue weighted by Gasteiger charge is -1.94. The normalized spacial score (nSPS) is 8.50. The van der Waals surface area contributed by atoms with Crippen LogP contribution in [0.5, 0.6) is 0 Å². The molecule has 0 saturated carbocycles. The summed E-state index contributed by atoms with van der Waals surface area (Å²) in [6.07, 6.45) is 5.07. The highest BCUT2D eigenvalue weighted by molar-refractivity contribution is 7.79. The topological polar surface area (TPSA) is 29.9 Å². The second-order valence-electron chi connectivity index (χ2n) is 1.22. The molecule has 1 N–H and O–H groups in total. The largest absolute Gasteiger partial charge is 0.290 e. The maximum Gasteiger partial charge on any atom is 0.114 e. The van der Waals surface area contributed by atoms with E-state index in [1.54, 1.807) is 23.4 Å². The van der Waals surface area contributed by atoms with Crippen molar-refractivity contribution in [2.75, 3.05) is 5.43 Å². The van der Waals surface area contributed by atoms with Crippen LogP contribution in [0.25, 0.3) is 0 Å². The predicted octanol–water partition coefficient (Wildman–Crippen LogP) is 0.384. The van der Waals surface area contributed by atoms with E-state index >= 15 is 0 Å². The highest BCUT2D eigenvalue weighted by Gasteiger charge is 1.77. The van der Waals surface area contributed by atoms with Gasteiger partial charge in [0, 0.05) is 12.4 Å². The Balaban J connectivity index is 2.62. The van der Waals surface area contributed by atoms with Crippen LogP contribution in [0.3, 0.4) is 0 Å². The van der Waals surface area contributed by atoms with Crippen molar-refractivity contribution in [3.63, 3.8) is 0 Å². The van der Waals surface area contributed by atoms with Gasteiger partial charge in [0.15, 0.2) is 0 Å². The van der Waals surface area contributed by atoms with E-state index in [9.17, 15) is 0 Å². The minimum atomic E-state index is 1.42. The molecule has 0 atom stereocenters. The molecule has 4 heteroatoms. The van der Waals surface area contributed by atoms with Gasteiger partial charge in [-0.15, -0.1) is 0 Å². The molecule has 8 heavy (non-hydrogen) atoms. The fourth-order valence-corrected chi connectivity index (χ4v) is 0.518. The summed E-state index contributed by atoms with van der Waals surface area (Å²) in [4.78, 5) is 3.77. The molecule has 0 unspecified atom stereocenters. The van der Waals surface area contributed by atoms with Crippen LogP contribution in [0.15, 0.2) is 18.7 Å². The first kappa shape index (κ1) is 5.24. The van der Waals surface area contributed by atoms with Crippen molar-refractivity contribution in [3.8, 4) is 0 Å². The SMILES string of the molecule is S=CNn1ccnc1. The third-order valence-corrected chi connectivity index (χ3v) is 0.812. The molecule has 3 nitrogen and oxygen atoms in total. The van der Waals surface area contributed by atoms with Crippen molar-refractivity contribution < 1.29 is 0 Å². The zero-order valence-corrected chi connectivity index (χ0v) is 4.93. The summed E-state index contributed by atoms with van der Waals surface area (Å²) in [7, 11) is 0. The van der Waals surface area contributed by atoms with Gasteiger partial charge in [0.2, 0.25) is 0 Å². The van der Waals surface area contributed by atoms with E-state index in [1.165, 1.54) is 5.49 Å². The summed E-state index contributed by atoms with van der Waals surface area (Å²) < 4.78 is 1.66. The first-order valence-corrected chi connectivity index (χ1v) is 2.59. The Labute approximate surface area is 52.3 Å². The number of nitrogens with one attached hydrogen (secondary N) is 1. The molecule has 0 aliphatic carbocycles. The van der Waals surface area contributed by atoms with Crippen LogP contribution >= 0.6 is 12.2 Å². The van der Waals surface area contributed by atoms with E-state index in [-0.39, 0.29) is 0 Å². The van der Waals surface area contributed by atoms with E-state index < -0.39 is 0 Å². The van der Waals surface area contributed by atoms with Crippen molar-refractivity contribution in [1.82, 2.24) is 9.66 Å². The Morgan fingerprint density at radius 3 is 3.12 bits per heavy atom. The molecule has 0 radical (unpaired) electrons. The average molecular weight is 127 g/mol. The maximum absolute atomic E-state index is 4.52. The fourth-order valence-electron chi connectivity index (χ4n) is 0.396. The molecular weight excluding hydrogens is 122 g/mol. The molecule has 0 aliphatic rings. The van der Waals surface area contributed by atoms with Crippen LogP contribution in [0.1, 0.15) is 0 Å². The number of aromatic nitrogens is 2. The van der Waals surface area contributed by atoms with Gasteiger partial charge in [-0.3, -0.25) is 10.1 Å². The van der Waals surface area contributed by atoms with Crippen molar-refractivity contribution in [2.24, 2.45) is 0 Å². The Kier molecular flexibility index (Phi) is 1.58.